The highest BCUT2D eigenvalue weighted by atomic mass is 32.2. The van der Waals surface area contributed by atoms with E-state index in [-0.39, 0.29) is 17.9 Å². The molecule has 3 amide bonds. The number of thiophene rings is 1. The fourth-order valence-corrected chi connectivity index (χ4v) is 5.36. The Balaban J connectivity index is 1.60. The van der Waals surface area contributed by atoms with Gasteiger partial charge in [-0.25, -0.2) is 9.78 Å². The van der Waals surface area contributed by atoms with Gasteiger partial charge in [-0.15, -0.1) is 11.3 Å². The second kappa shape index (κ2) is 9.86. The normalized spacial score (nSPS) is 11.1. The Kier molecular flexibility index (Phi) is 6.90. The molecule has 3 heterocycles. The number of aryl methyl sites for hydroxylation is 3. The first-order valence-corrected chi connectivity index (χ1v) is 12.4. The van der Waals surface area contributed by atoms with Crippen molar-refractivity contribution in [2.75, 3.05) is 5.75 Å². The van der Waals surface area contributed by atoms with Crippen LogP contribution in [-0.2, 0) is 11.3 Å². The van der Waals surface area contributed by atoms with Gasteiger partial charge in [0.25, 0.3) is 5.56 Å². The van der Waals surface area contributed by atoms with Gasteiger partial charge in [0.2, 0.25) is 5.91 Å². The van der Waals surface area contributed by atoms with Gasteiger partial charge >= 0.3 is 6.03 Å². The number of carbonyl (C=O) groups excluding carboxylic acids is 2. The highest BCUT2D eigenvalue weighted by Crippen LogP contribution is 2.30. The van der Waals surface area contributed by atoms with Crippen molar-refractivity contribution in [2.45, 2.75) is 39.4 Å². The molecule has 0 aliphatic heterocycles. The number of urea groups is 1. The number of aromatic nitrogens is 2. The van der Waals surface area contributed by atoms with Crippen LogP contribution in [0.1, 0.15) is 27.3 Å². The summed E-state index contributed by atoms with van der Waals surface area (Å²) in [6, 6.07) is 8.56. The largest absolute Gasteiger partial charge is 0.467 e. The fraction of sp³-hybridized carbons (Fsp3) is 0.250. The lowest BCUT2D eigenvalue weighted by molar-refractivity contribution is -0.117. The molecule has 0 aliphatic carbocycles. The van der Waals surface area contributed by atoms with Crippen LogP contribution in [0.3, 0.4) is 0 Å². The van der Waals surface area contributed by atoms with E-state index in [1.807, 2.05) is 45.9 Å². The van der Waals surface area contributed by atoms with Crippen LogP contribution >= 0.6 is 23.1 Å². The zero-order valence-electron chi connectivity index (χ0n) is 19.2. The van der Waals surface area contributed by atoms with Gasteiger partial charge in [-0.2, -0.15) is 0 Å². The van der Waals surface area contributed by atoms with Crippen molar-refractivity contribution in [2.24, 2.45) is 0 Å². The summed E-state index contributed by atoms with van der Waals surface area (Å²) in [4.78, 5) is 44.5. The number of carbonyl (C=O) groups is 2. The Labute approximate surface area is 204 Å². The van der Waals surface area contributed by atoms with Crippen LogP contribution in [0.25, 0.3) is 15.9 Å². The van der Waals surface area contributed by atoms with Crippen LogP contribution in [0.5, 0.6) is 0 Å². The van der Waals surface area contributed by atoms with Crippen molar-refractivity contribution in [3.63, 3.8) is 0 Å². The molecule has 2 N–H and O–H groups in total. The summed E-state index contributed by atoms with van der Waals surface area (Å²) in [7, 11) is 0. The Morgan fingerprint density at radius 3 is 2.65 bits per heavy atom. The van der Waals surface area contributed by atoms with E-state index in [9.17, 15) is 14.4 Å². The molecule has 0 bridgehead atoms. The maximum Gasteiger partial charge on any atom is 0.321 e. The van der Waals surface area contributed by atoms with E-state index in [0.717, 1.165) is 39.0 Å². The van der Waals surface area contributed by atoms with Crippen LogP contribution in [0.15, 0.2) is 51.0 Å². The Hall–Kier alpha value is -3.37. The molecule has 0 spiro atoms. The molecule has 1 aromatic carbocycles. The SMILES string of the molecule is Cc1cccc(-n2c(SCC(=O)NC(=O)NCc3ccco3)nc3sc(C)c(C)c3c2=O)c1C. The second-order valence-corrected chi connectivity index (χ2v) is 9.96. The number of thioether (sulfide) groups is 1. The molecule has 10 heteroatoms. The quantitative estimate of drug-likeness (QED) is 0.303. The van der Waals surface area contributed by atoms with Crippen molar-refractivity contribution >= 4 is 45.3 Å². The molecule has 8 nitrogen and oxygen atoms in total. The molecular weight excluding hydrogens is 472 g/mol. The molecule has 0 aliphatic rings. The van der Waals surface area contributed by atoms with Crippen LogP contribution in [0.4, 0.5) is 4.79 Å². The molecule has 4 rings (SSSR count). The highest BCUT2D eigenvalue weighted by Gasteiger charge is 2.20. The van der Waals surface area contributed by atoms with Gasteiger partial charge in [-0.3, -0.25) is 19.5 Å². The van der Waals surface area contributed by atoms with Gasteiger partial charge in [-0.1, -0.05) is 23.9 Å². The summed E-state index contributed by atoms with van der Waals surface area (Å²) in [6.45, 7) is 7.99. The van der Waals surface area contributed by atoms with E-state index in [1.165, 1.54) is 17.6 Å². The smallest absolute Gasteiger partial charge is 0.321 e. The lowest BCUT2D eigenvalue weighted by Crippen LogP contribution is -2.40. The van der Waals surface area contributed by atoms with Gasteiger partial charge < -0.3 is 9.73 Å². The summed E-state index contributed by atoms with van der Waals surface area (Å²) in [5.41, 5.74) is 3.48. The third-order valence-electron chi connectivity index (χ3n) is 5.58. The molecule has 0 saturated carbocycles. The molecule has 0 radical (unpaired) electrons. The number of nitrogens with one attached hydrogen (secondary N) is 2. The number of furan rings is 1. The van der Waals surface area contributed by atoms with Crippen molar-refractivity contribution in [3.8, 4) is 5.69 Å². The van der Waals surface area contributed by atoms with Gasteiger partial charge in [0.15, 0.2) is 5.16 Å². The number of rotatable bonds is 6. The van der Waals surface area contributed by atoms with Crippen molar-refractivity contribution in [1.29, 1.82) is 0 Å². The summed E-state index contributed by atoms with van der Waals surface area (Å²) in [5.74, 6) is -0.00348. The first-order valence-electron chi connectivity index (χ1n) is 10.6. The van der Waals surface area contributed by atoms with Gasteiger partial charge in [0.1, 0.15) is 10.6 Å². The molecule has 0 saturated heterocycles. The van der Waals surface area contributed by atoms with Crippen LogP contribution in [0.2, 0.25) is 0 Å². The minimum Gasteiger partial charge on any atom is -0.467 e. The standard InChI is InChI=1S/C24H24N4O4S2/c1-13-7-5-9-18(14(13)2)28-22(30)20-15(3)16(4)34-21(20)27-24(28)33-12-19(29)26-23(31)25-11-17-8-6-10-32-17/h5-10H,11-12H2,1-4H3,(H2,25,26,29,31). The molecule has 0 fully saturated rings. The zero-order valence-corrected chi connectivity index (χ0v) is 20.9. The number of benzene rings is 1. The third kappa shape index (κ3) is 4.78. The molecule has 34 heavy (non-hydrogen) atoms. The summed E-state index contributed by atoms with van der Waals surface area (Å²) in [6.07, 6.45) is 1.51. The van der Waals surface area contributed by atoms with E-state index >= 15 is 0 Å². The predicted molar refractivity (Wildman–Crippen MR) is 134 cm³/mol. The fourth-order valence-electron chi connectivity index (χ4n) is 3.48. The summed E-state index contributed by atoms with van der Waals surface area (Å²) < 4.78 is 6.72. The van der Waals surface area contributed by atoms with Crippen molar-refractivity contribution in [1.82, 2.24) is 20.2 Å². The average molecular weight is 497 g/mol. The number of hydrogen-bond acceptors (Lipinski definition) is 7. The molecule has 4 aromatic rings. The second-order valence-electron chi connectivity index (χ2n) is 7.82. The van der Waals surface area contributed by atoms with Crippen molar-refractivity contribution in [3.05, 3.63) is 74.3 Å². The Morgan fingerprint density at radius 1 is 1.12 bits per heavy atom. The third-order valence-corrected chi connectivity index (χ3v) is 7.62. The Morgan fingerprint density at radius 2 is 1.91 bits per heavy atom. The molecule has 3 aromatic heterocycles. The average Bonchev–Trinajstić information content (AvgIpc) is 3.41. The Bertz CT molecular complexity index is 1440. The maximum atomic E-state index is 13.6. The predicted octanol–water partition coefficient (Wildman–Crippen LogP) is 4.39. The summed E-state index contributed by atoms with van der Waals surface area (Å²) >= 11 is 2.57. The van der Waals surface area contributed by atoms with E-state index in [1.54, 1.807) is 16.7 Å². The zero-order chi connectivity index (χ0) is 24.4. The monoisotopic (exact) mass is 496 g/mol. The molecular formula is C24H24N4O4S2. The molecule has 0 unspecified atom stereocenters. The number of nitrogens with zero attached hydrogens (tertiary/aromatic N) is 2. The van der Waals surface area contributed by atoms with E-state index in [2.05, 4.69) is 10.6 Å². The van der Waals surface area contributed by atoms with E-state index < -0.39 is 11.9 Å². The number of imide groups is 1. The van der Waals surface area contributed by atoms with E-state index in [0.29, 0.717) is 21.1 Å². The van der Waals surface area contributed by atoms with Crippen LogP contribution < -0.4 is 16.2 Å². The molecule has 0 atom stereocenters. The number of fused-ring (bicyclic) bond motifs is 1. The van der Waals surface area contributed by atoms with Crippen LogP contribution in [-0.4, -0.2) is 27.2 Å². The first kappa shape index (κ1) is 23.8. The van der Waals surface area contributed by atoms with Crippen LogP contribution in [0, 0.1) is 27.7 Å². The minimum absolute atomic E-state index is 0.0830. The first-order chi connectivity index (χ1) is 16.3. The topological polar surface area (TPSA) is 106 Å². The summed E-state index contributed by atoms with van der Waals surface area (Å²) in [5, 5.41) is 5.85. The molecule has 176 valence electrons. The van der Waals surface area contributed by atoms with E-state index in [4.69, 9.17) is 9.40 Å². The number of amides is 3. The lowest BCUT2D eigenvalue weighted by atomic mass is 10.1. The van der Waals surface area contributed by atoms with Gasteiger partial charge in [0, 0.05) is 4.88 Å². The van der Waals surface area contributed by atoms with Crippen molar-refractivity contribution < 1.29 is 14.0 Å². The van der Waals surface area contributed by atoms with Gasteiger partial charge in [0.05, 0.1) is 29.6 Å². The maximum absolute atomic E-state index is 13.6. The minimum atomic E-state index is -0.623. The number of hydrogen-bond donors (Lipinski definition) is 2. The highest BCUT2D eigenvalue weighted by molar-refractivity contribution is 7.99. The van der Waals surface area contributed by atoms with Gasteiger partial charge in [-0.05, 0) is 62.6 Å². The lowest BCUT2D eigenvalue weighted by Gasteiger charge is -2.15.